The quantitative estimate of drug-likeness (QED) is 0.892. The first-order chi connectivity index (χ1) is 10.3. The number of nitriles is 1. The fourth-order valence-corrected chi connectivity index (χ4v) is 2.66. The van der Waals surface area contributed by atoms with Crippen LogP contribution in [0.25, 0.3) is 11.0 Å². The average molecular weight is 283 g/mol. The van der Waals surface area contributed by atoms with Crippen LogP contribution in [-0.4, -0.2) is 46.5 Å². The molecule has 6 heteroatoms. The molecule has 0 aliphatic carbocycles. The number of amides is 1. The first kappa shape index (κ1) is 13.6. The number of hydrogen-bond donors (Lipinski definition) is 1. The SMILES string of the molecule is N#CCc1nc2ccccc2n1CC(=O)N1CCNCC1. The Balaban J connectivity index is 1.89. The first-order valence-electron chi connectivity index (χ1n) is 7.09. The van der Waals surface area contributed by atoms with E-state index in [1.807, 2.05) is 33.7 Å². The molecule has 2 heterocycles. The van der Waals surface area contributed by atoms with E-state index in [-0.39, 0.29) is 18.9 Å². The molecule has 1 aromatic heterocycles. The number of imidazole rings is 1. The number of fused-ring (bicyclic) bond motifs is 1. The molecule has 1 amide bonds. The topological polar surface area (TPSA) is 74.0 Å². The first-order valence-corrected chi connectivity index (χ1v) is 7.09. The standard InChI is InChI=1S/C15H17N5O/c16-6-5-14-18-12-3-1-2-4-13(12)20(14)11-15(21)19-9-7-17-8-10-19/h1-4,17H,5,7-11H2. The molecule has 1 aliphatic rings. The van der Waals surface area contributed by atoms with Crippen molar-refractivity contribution in [2.24, 2.45) is 0 Å². The van der Waals surface area contributed by atoms with E-state index in [4.69, 9.17) is 5.26 Å². The monoisotopic (exact) mass is 283 g/mol. The van der Waals surface area contributed by atoms with Crippen LogP contribution in [0.3, 0.4) is 0 Å². The third-order valence-corrected chi connectivity index (χ3v) is 3.73. The van der Waals surface area contributed by atoms with Crippen LogP contribution >= 0.6 is 0 Å². The highest BCUT2D eigenvalue weighted by Gasteiger charge is 2.19. The lowest BCUT2D eigenvalue weighted by Gasteiger charge is -2.27. The molecule has 21 heavy (non-hydrogen) atoms. The maximum Gasteiger partial charge on any atom is 0.242 e. The van der Waals surface area contributed by atoms with E-state index in [0.29, 0.717) is 5.82 Å². The van der Waals surface area contributed by atoms with Crippen LogP contribution < -0.4 is 5.32 Å². The summed E-state index contributed by atoms with van der Waals surface area (Å²) in [6, 6.07) is 9.80. The van der Waals surface area contributed by atoms with Gasteiger partial charge in [-0.3, -0.25) is 4.79 Å². The minimum absolute atomic E-state index is 0.0823. The Kier molecular flexibility index (Phi) is 3.84. The second-order valence-electron chi connectivity index (χ2n) is 5.07. The van der Waals surface area contributed by atoms with E-state index in [0.717, 1.165) is 37.2 Å². The fraction of sp³-hybridized carbons (Fsp3) is 0.400. The van der Waals surface area contributed by atoms with Crippen molar-refractivity contribution in [3.63, 3.8) is 0 Å². The van der Waals surface area contributed by atoms with Gasteiger partial charge in [-0.25, -0.2) is 4.98 Å². The summed E-state index contributed by atoms with van der Waals surface area (Å²) < 4.78 is 1.86. The lowest BCUT2D eigenvalue weighted by molar-refractivity contribution is -0.132. The lowest BCUT2D eigenvalue weighted by Crippen LogP contribution is -2.47. The highest BCUT2D eigenvalue weighted by Crippen LogP contribution is 2.16. The van der Waals surface area contributed by atoms with Gasteiger partial charge in [0.1, 0.15) is 12.4 Å². The summed E-state index contributed by atoms with van der Waals surface area (Å²) in [7, 11) is 0. The minimum atomic E-state index is 0.0823. The Hall–Kier alpha value is -2.39. The highest BCUT2D eigenvalue weighted by atomic mass is 16.2. The van der Waals surface area contributed by atoms with E-state index >= 15 is 0 Å². The molecular weight excluding hydrogens is 266 g/mol. The Labute approximate surface area is 123 Å². The summed E-state index contributed by atoms with van der Waals surface area (Å²) in [4.78, 5) is 18.8. The number of carbonyl (C=O) groups excluding carboxylic acids is 1. The maximum atomic E-state index is 12.4. The maximum absolute atomic E-state index is 12.4. The molecule has 3 rings (SSSR count). The molecule has 1 fully saturated rings. The van der Waals surface area contributed by atoms with Crippen LogP contribution in [0.4, 0.5) is 0 Å². The zero-order valence-corrected chi connectivity index (χ0v) is 11.7. The van der Waals surface area contributed by atoms with Crippen molar-refractivity contribution in [2.45, 2.75) is 13.0 Å². The molecule has 0 unspecified atom stereocenters. The smallest absolute Gasteiger partial charge is 0.242 e. The summed E-state index contributed by atoms with van der Waals surface area (Å²) in [6.45, 7) is 3.39. The molecule has 0 atom stereocenters. The molecule has 1 N–H and O–H groups in total. The average Bonchev–Trinajstić information content (AvgIpc) is 2.86. The van der Waals surface area contributed by atoms with Gasteiger partial charge in [-0.05, 0) is 12.1 Å². The Morgan fingerprint density at radius 2 is 2.10 bits per heavy atom. The third kappa shape index (κ3) is 2.73. The zero-order valence-electron chi connectivity index (χ0n) is 11.7. The van der Waals surface area contributed by atoms with Crippen LogP contribution in [0.1, 0.15) is 5.82 Å². The van der Waals surface area contributed by atoms with E-state index in [1.165, 1.54) is 0 Å². The molecule has 0 radical (unpaired) electrons. The minimum Gasteiger partial charge on any atom is -0.339 e. The van der Waals surface area contributed by atoms with E-state index < -0.39 is 0 Å². The van der Waals surface area contributed by atoms with Gasteiger partial charge in [-0.2, -0.15) is 5.26 Å². The predicted molar refractivity (Wildman–Crippen MR) is 78.5 cm³/mol. The largest absolute Gasteiger partial charge is 0.339 e. The summed E-state index contributed by atoms with van der Waals surface area (Å²) in [6.07, 6.45) is 0.212. The number of carbonyl (C=O) groups is 1. The number of rotatable bonds is 3. The summed E-state index contributed by atoms with van der Waals surface area (Å²) in [5, 5.41) is 12.2. The van der Waals surface area contributed by atoms with Gasteiger partial charge in [0.05, 0.1) is 23.5 Å². The van der Waals surface area contributed by atoms with Gasteiger partial charge in [0, 0.05) is 26.2 Å². The number of piperazine rings is 1. The van der Waals surface area contributed by atoms with Gasteiger partial charge < -0.3 is 14.8 Å². The second-order valence-corrected chi connectivity index (χ2v) is 5.07. The number of nitrogens with one attached hydrogen (secondary N) is 1. The highest BCUT2D eigenvalue weighted by molar-refractivity contribution is 5.81. The van der Waals surface area contributed by atoms with E-state index in [9.17, 15) is 4.79 Å². The zero-order chi connectivity index (χ0) is 14.7. The molecule has 0 spiro atoms. The molecule has 1 aliphatic heterocycles. The molecule has 0 saturated carbocycles. The third-order valence-electron chi connectivity index (χ3n) is 3.73. The van der Waals surface area contributed by atoms with Crippen LogP contribution in [0, 0.1) is 11.3 Å². The van der Waals surface area contributed by atoms with Crippen LogP contribution in [0.5, 0.6) is 0 Å². The van der Waals surface area contributed by atoms with Crippen LogP contribution in [-0.2, 0) is 17.8 Å². The molecule has 2 aromatic rings. The van der Waals surface area contributed by atoms with Crippen molar-refractivity contribution < 1.29 is 4.79 Å². The fourth-order valence-electron chi connectivity index (χ4n) is 2.66. The lowest BCUT2D eigenvalue weighted by atomic mass is 10.3. The van der Waals surface area contributed by atoms with Gasteiger partial charge in [-0.1, -0.05) is 12.1 Å². The normalized spacial score (nSPS) is 15.1. The van der Waals surface area contributed by atoms with Gasteiger partial charge in [0.25, 0.3) is 0 Å². The number of hydrogen-bond acceptors (Lipinski definition) is 4. The van der Waals surface area contributed by atoms with E-state index in [1.54, 1.807) is 0 Å². The van der Waals surface area contributed by atoms with Crippen molar-refractivity contribution >= 4 is 16.9 Å². The Morgan fingerprint density at radius 1 is 1.33 bits per heavy atom. The number of benzene rings is 1. The van der Waals surface area contributed by atoms with E-state index in [2.05, 4.69) is 16.4 Å². The van der Waals surface area contributed by atoms with Gasteiger partial charge in [0.15, 0.2) is 0 Å². The van der Waals surface area contributed by atoms with Gasteiger partial charge in [0.2, 0.25) is 5.91 Å². The van der Waals surface area contributed by atoms with Gasteiger partial charge in [-0.15, -0.1) is 0 Å². The molecule has 6 nitrogen and oxygen atoms in total. The molecule has 1 saturated heterocycles. The molecule has 108 valence electrons. The van der Waals surface area contributed by atoms with Crippen molar-refractivity contribution in [2.75, 3.05) is 26.2 Å². The summed E-state index contributed by atoms with van der Waals surface area (Å²) >= 11 is 0. The van der Waals surface area contributed by atoms with Crippen LogP contribution in [0.2, 0.25) is 0 Å². The Bertz CT molecular complexity index is 694. The van der Waals surface area contributed by atoms with Crippen LogP contribution in [0.15, 0.2) is 24.3 Å². The number of aromatic nitrogens is 2. The molecule has 1 aromatic carbocycles. The second kappa shape index (κ2) is 5.94. The summed E-state index contributed by atoms with van der Waals surface area (Å²) in [5.74, 6) is 0.737. The summed E-state index contributed by atoms with van der Waals surface area (Å²) in [5.41, 5.74) is 1.74. The predicted octanol–water partition coefficient (Wildman–Crippen LogP) is 0.534. The molecule has 0 bridgehead atoms. The van der Waals surface area contributed by atoms with Crippen molar-refractivity contribution in [1.29, 1.82) is 5.26 Å². The van der Waals surface area contributed by atoms with Gasteiger partial charge >= 0.3 is 0 Å². The van der Waals surface area contributed by atoms with Crippen molar-refractivity contribution in [3.8, 4) is 6.07 Å². The molecular formula is C15H17N5O. The number of nitrogens with zero attached hydrogens (tertiary/aromatic N) is 4. The van der Waals surface area contributed by atoms with Crippen molar-refractivity contribution in [3.05, 3.63) is 30.1 Å². The Morgan fingerprint density at radius 3 is 2.86 bits per heavy atom. The van der Waals surface area contributed by atoms with Crippen molar-refractivity contribution in [1.82, 2.24) is 19.8 Å². The number of para-hydroxylation sites is 2.